The van der Waals surface area contributed by atoms with E-state index in [1.54, 1.807) is 19.5 Å². The third-order valence-electron chi connectivity index (χ3n) is 3.76. The number of rotatable bonds is 5. The lowest BCUT2D eigenvalue weighted by molar-refractivity contribution is -0.121. The third kappa shape index (κ3) is 3.77. The molecule has 1 saturated heterocycles. The molecule has 0 aliphatic carbocycles. The van der Waals surface area contributed by atoms with Crippen LogP contribution in [0.2, 0.25) is 0 Å². The molecule has 2 rings (SSSR count). The van der Waals surface area contributed by atoms with Crippen LogP contribution in [0.1, 0.15) is 19.4 Å². The molecule has 5 heteroatoms. The minimum absolute atomic E-state index is 0.0238. The summed E-state index contributed by atoms with van der Waals surface area (Å²) in [5.41, 5.74) is 0.928. The molecule has 1 aliphatic heterocycles. The summed E-state index contributed by atoms with van der Waals surface area (Å²) in [6, 6.07) is 4.28. The first kappa shape index (κ1) is 14.9. The van der Waals surface area contributed by atoms with Crippen LogP contribution in [-0.4, -0.2) is 54.2 Å². The average Bonchev–Trinajstić information content (AvgIpc) is 2.83. The Labute approximate surface area is 120 Å². The SMILES string of the molecule is CO[C@H]1CN(C(C)C)C[C@@H]1NC(=O)Cc1cccnc1. The van der Waals surface area contributed by atoms with Gasteiger partial charge in [-0.15, -0.1) is 0 Å². The van der Waals surface area contributed by atoms with E-state index in [1.807, 2.05) is 12.1 Å². The Hall–Kier alpha value is -1.46. The second-order valence-electron chi connectivity index (χ2n) is 5.53. The molecular formula is C15H23N3O2. The fraction of sp³-hybridized carbons (Fsp3) is 0.600. The van der Waals surface area contributed by atoms with Crippen molar-refractivity contribution in [2.24, 2.45) is 0 Å². The molecule has 1 fully saturated rings. The first-order valence-corrected chi connectivity index (χ1v) is 7.05. The summed E-state index contributed by atoms with van der Waals surface area (Å²) in [6.45, 7) is 6.03. The summed E-state index contributed by atoms with van der Waals surface area (Å²) in [7, 11) is 1.70. The number of nitrogens with one attached hydrogen (secondary N) is 1. The van der Waals surface area contributed by atoms with Gasteiger partial charge in [-0.3, -0.25) is 14.7 Å². The van der Waals surface area contributed by atoms with E-state index in [4.69, 9.17) is 4.74 Å². The highest BCUT2D eigenvalue weighted by Gasteiger charge is 2.34. The van der Waals surface area contributed by atoms with Crippen molar-refractivity contribution in [3.63, 3.8) is 0 Å². The Bertz CT molecular complexity index is 436. The number of pyridine rings is 1. The number of amides is 1. The van der Waals surface area contributed by atoms with Gasteiger partial charge in [-0.05, 0) is 25.5 Å². The molecule has 0 bridgehead atoms. The Balaban J connectivity index is 1.90. The zero-order valence-corrected chi connectivity index (χ0v) is 12.4. The Kier molecular flexibility index (Phi) is 5.09. The van der Waals surface area contributed by atoms with E-state index in [9.17, 15) is 4.79 Å². The van der Waals surface area contributed by atoms with Crippen molar-refractivity contribution in [1.82, 2.24) is 15.2 Å². The summed E-state index contributed by atoms with van der Waals surface area (Å²) >= 11 is 0. The standard InChI is InChI=1S/C15H23N3O2/c1-11(2)18-9-13(14(10-18)20-3)17-15(19)7-12-5-4-6-16-8-12/h4-6,8,11,13-14H,7,9-10H2,1-3H3,(H,17,19)/t13-,14-/m0/s1. The van der Waals surface area contributed by atoms with E-state index >= 15 is 0 Å². The Morgan fingerprint density at radius 1 is 1.55 bits per heavy atom. The predicted octanol–water partition coefficient (Wildman–Crippen LogP) is 0.848. The zero-order valence-electron chi connectivity index (χ0n) is 12.4. The number of methoxy groups -OCH3 is 1. The van der Waals surface area contributed by atoms with Crippen LogP contribution < -0.4 is 5.32 Å². The molecule has 0 radical (unpaired) electrons. The van der Waals surface area contributed by atoms with Crippen LogP contribution >= 0.6 is 0 Å². The van der Waals surface area contributed by atoms with Crippen molar-refractivity contribution < 1.29 is 9.53 Å². The smallest absolute Gasteiger partial charge is 0.224 e. The maximum Gasteiger partial charge on any atom is 0.224 e. The lowest BCUT2D eigenvalue weighted by atomic mass is 10.1. The van der Waals surface area contributed by atoms with Crippen LogP contribution in [0.4, 0.5) is 0 Å². The highest BCUT2D eigenvalue weighted by Crippen LogP contribution is 2.16. The number of hydrogen-bond donors (Lipinski definition) is 1. The number of aromatic nitrogens is 1. The third-order valence-corrected chi connectivity index (χ3v) is 3.76. The summed E-state index contributed by atoms with van der Waals surface area (Å²) in [4.78, 5) is 18.4. The molecule has 0 unspecified atom stereocenters. The molecule has 20 heavy (non-hydrogen) atoms. The molecule has 110 valence electrons. The van der Waals surface area contributed by atoms with E-state index in [0.717, 1.165) is 18.7 Å². The minimum atomic E-state index is 0.0238. The largest absolute Gasteiger partial charge is 0.378 e. The fourth-order valence-corrected chi connectivity index (χ4v) is 2.55. The normalized spacial score (nSPS) is 23.2. The van der Waals surface area contributed by atoms with Crippen LogP contribution in [-0.2, 0) is 16.0 Å². The predicted molar refractivity (Wildman–Crippen MR) is 77.4 cm³/mol. The molecule has 1 aromatic rings. The molecule has 1 N–H and O–H groups in total. The Morgan fingerprint density at radius 2 is 2.35 bits per heavy atom. The zero-order chi connectivity index (χ0) is 14.5. The average molecular weight is 277 g/mol. The van der Waals surface area contributed by atoms with Gasteiger partial charge in [0.15, 0.2) is 0 Å². The van der Waals surface area contributed by atoms with Crippen LogP contribution in [0.5, 0.6) is 0 Å². The molecule has 0 spiro atoms. The van der Waals surface area contributed by atoms with E-state index in [1.165, 1.54) is 0 Å². The summed E-state index contributed by atoms with van der Waals surface area (Å²) in [5, 5.41) is 3.08. The van der Waals surface area contributed by atoms with Crippen molar-refractivity contribution >= 4 is 5.91 Å². The molecule has 1 aliphatic rings. The van der Waals surface area contributed by atoms with Gasteiger partial charge in [-0.1, -0.05) is 6.07 Å². The number of nitrogens with zero attached hydrogens (tertiary/aromatic N) is 2. The lowest BCUT2D eigenvalue weighted by Crippen LogP contribution is -2.44. The molecule has 0 aromatic carbocycles. The Morgan fingerprint density at radius 3 is 2.95 bits per heavy atom. The molecular weight excluding hydrogens is 254 g/mol. The minimum Gasteiger partial charge on any atom is -0.378 e. The first-order chi connectivity index (χ1) is 9.60. The van der Waals surface area contributed by atoms with Gasteiger partial charge >= 0.3 is 0 Å². The summed E-state index contributed by atoms with van der Waals surface area (Å²) < 4.78 is 5.49. The number of ether oxygens (including phenoxy) is 1. The molecule has 1 amide bonds. The van der Waals surface area contributed by atoms with E-state index in [2.05, 4.69) is 29.0 Å². The van der Waals surface area contributed by atoms with Crippen molar-refractivity contribution in [3.8, 4) is 0 Å². The number of likely N-dealkylation sites (tertiary alicyclic amines) is 1. The van der Waals surface area contributed by atoms with Crippen molar-refractivity contribution in [1.29, 1.82) is 0 Å². The van der Waals surface area contributed by atoms with Gasteiger partial charge < -0.3 is 10.1 Å². The highest BCUT2D eigenvalue weighted by molar-refractivity contribution is 5.78. The van der Waals surface area contributed by atoms with Crippen molar-refractivity contribution in [2.75, 3.05) is 20.2 Å². The highest BCUT2D eigenvalue weighted by atomic mass is 16.5. The van der Waals surface area contributed by atoms with Gasteiger partial charge in [0, 0.05) is 38.6 Å². The van der Waals surface area contributed by atoms with Crippen LogP contribution in [0.25, 0.3) is 0 Å². The molecule has 0 saturated carbocycles. The first-order valence-electron chi connectivity index (χ1n) is 7.05. The molecule has 5 nitrogen and oxygen atoms in total. The monoisotopic (exact) mass is 277 g/mol. The van der Waals surface area contributed by atoms with Gasteiger partial charge in [0.2, 0.25) is 5.91 Å². The maximum atomic E-state index is 12.1. The van der Waals surface area contributed by atoms with E-state index < -0.39 is 0 Å². The molecule has 2 atom stereocenters. The lowest BCUT2D eigenvalue weighted by Gasteiger charge is -2.20. The van der Waals surface area contributed by atoms with E-state index in [-0.39, 0.29) is 18.1 Å². The number of carbonyl (C=O) groups is 1. The maximum absolute atomic E-state index is 12.1. The molecule has 1 aromatic heterocycles. The fourth-order valence-electron chi connectivity index (χ4n) is 2.55. The second kappa shape index (κ2) is 6.81. The van der Waals surface area contributed by atoms with Gasteiger partial charge in [-0.25, -0.2) is 0 Å². The molecule has 2 heterocycles. The second-order valence-corrected chi connectivity index (χ2v) is 5.53. The quantitative estimate of drug-likeness (QED) is 0.867. The number of carbonyl (C=O) groups excluding carboxylic acids is 1. The summed E-state index contributed by atoms with van der Waals surface area (Å²) in [5.74, 6) is 0.0238. The van der Waals surface area contributed by atoms with Gasteiger partial charge in [-0.2, -0.15) is 0 Å². The van der Waals surface area contributed by atoms with Crippen LogP contribution in [0.15, 0.2) is 24.5 Å². The van der Waals surface area contributed by atoms with Crippen molar-refractivity contribution in [2.45, 2.75) is 38.5 Å². The van der Waals surface area contributed by atoms with E-state index in [0.29, 0.717) is 12.5 Å². The topological polar surface area (TPSA) is 54.5 Å². The van der Waals surface area contributed by atoms with Gasteiger partial charge in [0.1, 0.15) is 0 Å². The number of hydrogen-bond acceptors (Lipinski definition) is 4. The summed E-state index contributed by atoms with van der Waals surface area (Å²) in [6.07, 6.45) is 3.86. The van der Waals surface area contributed by atoms with Gasteiger partial charge in [0.25, 0.3) is 0 Å². The van der Waals surface area contributed by atoms with Crippen LogP contribution in [0, 0.1) is 0 Å². The van der Waals surface area contributed by atoms with Crippen molar-refractivity contribution in [3.05, 3.63) is 30.1 Å². The van der Waals surface area contributed by atoms with Gasteiger partial charge in [0.05, 0.1) is 18.6 Å². The van der Waals surface area contributed by atoms with Crippen LogP contribution in [0.3, 0.4) is 0 Å².